The summed E-state index contributed by atoms with van der Waals surface area (Å²) in [4.78, 5) is 26.9. The van der Waals surface area contributed by atoms with Crippen LogP contribution in [0, 0.1) is 0 Å². The van der Waals surface area contributed by atoms with Gasteiger partial charge in [-0.25, -0.2) is 0 Å². The topological polar surface area (TPSA) is 118 Å². The van der Waals surface area contributed by atoms with Gasteiger partial charge >= 0.3 is 0 Å². The van der Waals surface area contributed by atoms with Crippen LogP contribution in [0.4, 0.5) is 0 Å². The van der Waals surface area contributed by atoms with Gasteiger partial charge in [0, 0.05) is 25.7 Å². The second-order valence-electron chi connectivity index (χ2n) is 7.16. The monoisotopic (exact) mass is 553 g/mol. The van der Waals surface area contributed by atoms with Crippen LogP contribution >= 0.6 is 24.0 Å². The number of nitrogens with zero attached hydrogens (tertiary/aromatic N) is 1. The van der Waals surface area contributed by atoms with Gasteiger partial charge in [-0.15, -0.1) is 24.0 Å². The number of methoxy groups -OCH3 is 1. The molecule has 0 aromatic heterocycles. The molecule has 0 aliphatic heterocycles. The zero-order chi connectivity index (χ0) is 22.6. The summed E-state index contributed by atoms with van der Waals surface area (Å²) >= 11 is 0. The Labute approximate surface area is 206 Å². The molecule has 174 valence electrons. The average molecular weight is 553 g/mol. The molecule has 2 aromatic carbocycles. The lowest BCUT2D eigenvalue weighted by atomic mass is 9.98. The highest BCUT2D eigenvalue weighted by molar-refractivity contribution is 14.0. The van der Waals surface area contributed by atoms with Crippen LogP contribution in [0.3, 0.4) is 0 Å². The molecular weight excluding hydrogens is 521 g/mol. The van der Waals surface area contributed by atoms with Crippen LogP contribution in [-0.4, -0.2) is 45.0 Å². The first-order chi connectivity index (χ1) is 14.9. The first-order valence-electron chi connectivity index (χ1n) is 10.2. The van der Waals surface area contributed by atoms with E-state index in [1.807, 2.05) is 24.3 Å². The molecule has 0 aliphatic rings. The van der Waals surface area contributed by atoms with Crippen molar-refractivity contribution in [3.63, 3.8) is 0 Å². The van der Waals surface area contributed by atoms with Crippen molar-refractivity contribution in [2.24, 2.45) is 10.7 Å². The van der Waals surface area contributed by atoms with E-state index in [1.165, 1.54) is 5.56 Å². The van der Waals surface area contributed by atoms with Crippen molar-refractivity contribution < 1.29 is 14.3 Å². The summed E-state index contributed by atoms with van der Waals surface area (Å²) < 4.78 is 5.20. The van der Waals surface area contributed by atoms with Gasteiger partial charge in [0.15, 0.2) is 5.96 Å². The molecule has 0 saturated carbocycles. The second kappa shape index (κ2) is 14.3. The maximum absolute atomic E-state index is 11.9. The number of guanidine groups is 1. The molecule has 2 aromatic rings. The molecule has 1 atom stereocenters. The Hall–Kier alpha value is -2.82. The number of aliphatic imine (C=N–C) groups is 1. The fourth-order valence-electron chi connectivity index (χ4n) is 2.96. The van der Waals surface area contributed by atoms with Crippen molar-refractivity contribution >= 4 is 41.8 Å². The molecule has 0 bridgehead atoms. The quantitative estimate of drug-likeness (QED) is 0.205. The van der Waals surface area contributed by atoms with Crippen LogP contribution in [0.25, 0.3) is 0 Å². The zero-order valence-corrected chi connectivity index (χ0v) is 21.0. The minimum Gasteiger partial charge on any atom is -0.497 e. The van der Waals surface area contributed by atoms with Crippen molar-refractivity contribution in [3.8, 4) is 5.75 Å². The molecule has 0 radical (unpaired) electrons. The van der Waals surface area contributed by atoms with Gasteiger partial charge in [0.25, 0.3) is 5.91 Å². The number of carbonyl (C=O) groups excluding carboxylic acids is 2. The van der Waals surface area contributed by atoms with Gasteiger partial charge in [0.2, 0.25) is 5.91 Å². The van der Waals surface area contributed by atoms with Crippen LogP contribution in [0.15, 0.2) is 53.5 Å². The number of amides is 2. The number of nitrogens with two attached hydrogens (primary N) is 1. The molecule has 5 N–H and O–H groups in total. The fourth-order valence-corrected chi connectivity index (χ4v) is 2.96. The van der Waals surface area contributed by atoms with Gasteiger partial charge in [0.1, 0.15) is 5.75 Å². The first kappa shape index (κ1) is 27.2. The third-order valence-electron chi connectivity index (χ3n) is 4.88. The predicted octanol–water partition coefficient (Wildman–Crippen LogP) is 2.39. The van der Waals surface area contributed by atoms with Gasteiger partial charge in [-0.1, -0.05) is 31.2 Å². The van der Waals surface area contributed by atoms with Gasteiger partial charge < -0.3 is 26.4 Å². The van der Waals surface area contributed by atoms with E-state index in [1.54, 1.807) is 26.3 Å². The molecule has 1 unspecified atom stereocenters. The minimum atomic E-state index is -0.577. The number of primary amides is 1. The summed E-state index contributed by atoms with van der Waals surface area (Å²) in [7, 11) is 3.40. The van der Waals surface area contributed by atoms with Crippen LogP contribution in [0.5, 0.6) is 5.75 Å². The minimum absolute atomic E-state index is 0. The Morgan fingerprint density at radius 2 is 1.69 bits per heavy atom. The fraction of sp³-hybridized carbons (Fsp3) is 0.348. The number of carbonyl (C=O) groups is 2. The third kappa shape index (κ3) is 9.13. The number of halogens is 1. The molecule has 8 nitrogen and oxygen atoms in total. The number of ether oxygens (including phenoxy) is 1. The molecule has 0 saturated heterocycles. The zero-order valence-electron chi connectivity index (χ0n) is 18.7. The van der Waals surface area contributed by atoms with Gasteiger partial charge in [-0.3, -0.25) is 14.6 Å². The largest absolute Gasteiger partial charge is 0.497 e. The summed E-state index contributed by atoms with van der Waals surface area (Å²) in [5.74, 6) is 1.07. The van der Waals surface area contributed by atoms with Crippen molar-refractivity contribution in [2.45, 2.75) is 25.8 Å². The van der Waals surface area contributed by atoms with E-state index in [9.17, 15) is 9.59 Å². The molecule has 9 heteroatoms. The Bertz CT molecular complexity index is 886. The van der Waals surface area contributed by atoms with Crippen molar-refractivity contribution in [1.29, 1.82) is 0 Å². The van der Waals surface area contributed by atoms with E-state index >= 15 is 0 Å². The van der Waals surface area contributed by atoms with Crippen LogP contribution < -0.4 is 26.4 Å². The van der Waals surface area contributed by atoms with Crippen LogP contribution in [-0.2, 0) is 11.3 Å². The maximum atomic E-state index is 11.9. The number of rotatable bonds is 10. The molecule has 0 spiro atoms. The lowest BCUT2D eigenvalue weighted by Crippen LogP contribution is -2.37. The molecular formula is C23H32IN5O3. The number of hydrogen-bond acceptors (Lipinski definition) is 4. The molecule has 0 aliphatic carbocycles. The van der Waals surface area contributed by atoms with E-state index in [2.05, 4.69) is 40.0 Å². The van der Waals surface area contributed by atoms with E-state index in [0.717, 1.165) is 24.3 Å². The normalized spacial score (nSPS) is 11.7. The lowest BCUT2D eigenvalue weighted by molar-refractivity contribution is -0.117. The number of benzene rings is 2. The maximum Gasteiger partial charge on any atom is 0.251 e. The van der Waals surface area contributed by atoms with Crippen LogP contribution in [0.2, 0.25) is 0 Å². The van der Waals surface area contributed by atoms with E-state index in [-0.39, 0.29) is 36.4 Å². The number of nitrogens with one attached hydrogen (secondary N) is 3. The average Bonchev–Trinajstić information content (AvgIpc) is 2.79. The second-order valence-corrected chi connectivity index (χ2v) is 7.16. The highest BCUT2D eigenvalue weighted by Gasteiger charge is 2.08. The molecule has 32 heavy (non-hydrogen) atoms. The van der Waals surface area contributed by atoms with E-state index in [4.69, 9.17) is 10.5 Å². The summed E-state index contributed by atoms with van der Waals surface area (Å²) in [5, 5.41) is 9.05. The standard InChI is InChI=1S/C23H31N5O3.HI/c1-16(18-8-10-20(31-3)11-9-18)12-13-26-23(25-2)28-14-17-4-6-19(7-5-17)22(30)27-15-21(24)29;/h4-11,16H,12-15H2,1-3H3,(H2,24,29)(H,27,30)(H2,25,26,28);1H. The lowest BCUT2D eigenvalue weighted by Gasteiger charge is -2.15. The van der Waals surface area contributed by atoms with Crippen molar-refractivity contribution in [3.05, 3.63) is 65.2 Å². The Morgan fingerprint density at radius 1 is 1.03 bits per heavy atom. The van der Waals surface area contributed by atoms with E-state index < -0.39 is 5.91 Å². The summed E-state index contributed by atoms with van der Waals surface area (Å²) in [6.45, 7) is 3.37. The first-order valence-corrected chi connectivity index (χ1v) is 10.2. The molecule has 2 amide bonds. The molecule has 2 rings (SSSR count). The third-order valence-corrected chi connectivity index (χ3v) is 4.88. The predicted molar refractivity (Wildman–Crippen MR) is 138 cm³/mol. The SMILES string of the molecule is CN=C(NCCC(C)c1ccc(OC)cc1)NCc1ccc(C(=O)NCC(N)=O)cc1.I. The van der Waals surface area contributed by atoms with Crippen LogP contribution in [0.1, 0.15) is 40.7 Å². The summed E-state index contributed by atoms with van der Waals surface area (Å²) in [6.07, 6.45) is 0.960. The molecule has 0 heterocycles. The van der Waals surface area contributed by atoms with Crippen molar-refractivity contribution in [1.82, 2.24) is 16.0 Å². The van der Waals surface area contributed by atoms with Gasteiger partial charge in [-0.2, -0.15) is 0 Å². The Morgan fingerprint density at radius 3 is 2.25 bits per heavy atom. The highest BCUT2D eigenvalue weighted by Crippen LogP contribution is 2.21. The van der Waals surface area contributed by atoms with Crippen molar-refractivity contribution in [2.75, 3.05) is 27.2 Å². The van der Waals surface area contributed by atoms with Gasteiger partial charge in [-0.05, 0) is 47.7 Å². The summed E-state index contributed by atoms with van der Waals surface area (Å²) in [6, 6.07) is 15.3. The Balaban J connectivity index is 0.00000512. The number of hydrogen-bond donors (Lipinski definition) is 4. The molecule has 0 fully saturated rings. The van der Waals surface area contributed by atoms with Gasteiger partial charge in [0.05, 0.1) is 13.7 Å². The highest BCUT2D eigenvalue weighted by atomic mass is 127. The smallest absolute Gasteiger partial charge is 0.251 e. The van der Waals surface area contributed by atoms with E-state index in [0.29, 0.717) is 24.0 Å². The summed E-state index contributed by atoms with van der Waals surface area (Å²) in [5.41, 5.74) is 7.77. The Kier molecular flexibility index (Phi) is 12.1.